The zero-order valence-corrected chi connectivity index (χ0v) is 15.3. The normalized spacial score (nSPS) is 35.3. The molecule has 7 heteroatoms. The summed E-state index contributed by atoms with van der Waals surface area (Å²) < 4.78 is 5.33. The van der Waals surface area contributed by atoms with Crippen molar-refractivity contribution in [3.05, 3.63) is 11.3 Å². The van der Waals surface area contributed by atoms with E-state index in [1.54, 1.807) is 6.07 Å². The van der Waals surface area contributed by atoms with E-state index < -0.39 is 17.8 Å². The molecule has 1 amide bonds. The van der Waals surface area contributed by atoms with Gasteiger partial charge in [-0.1, -0.05) is 0 Å². The van der Waals surface area contributed by atoms with E-state index in [2.05, 4.69) is 5.32 Å². The van der Waals surface area contributed by atoms with Gasteiger partial charge in [0, 0.05) is 18.2 Å². The molecule has 0 aromatic carbocycles. The van der Waals surface area contributed by atoms with Gasteiger partial charge in [0.05, 0.1) is 5.41 Å². The van der Waals surface area contributed by atoms with Crippen molar-refractivity contribution in [2.45, 2.75) is 57.9 Å². The lowest BCUT2D eigenvalue weighted by atomic mass is 9.47. The van der Waals surface area contributed by atoms with Gasteiger partial charge in [-0.15, -0.1) is 0 Å². The van der Waals surface area contributed by atoms with E-state index >= 15 is 0 Å². The summed E-state index contributed by atoms with van der Waals surface area (Å²) in [4.78, 5) is 36.6. The number of carbonyl (C=O) groups excluding carboxylic acids is 3. The molecular weight excluding hydrogens is 334 g/mol. The van der Waals surface area contributed by atoms with Crippen LogP contribution in [-0.4, -0.2) is 29.8 Å². The average molecular weight is 359 g/mol. The first-order valence-electron chi connectivity index (χ1n) is 9.04. The predicted octanol–water partition coefficient (Wildman–Crippen LogP) is 1.33. The van der Waals surface area contributed by atoms with Gasteiger partial charge in [0.25, 0.3) is 0 Å². The van der Waals surface area contributed by atoms with Crippen LogP contribution in [0.25, 0.3) is 0 Å². The monoisotopic (exact) mass is 359 g/mol. The van der Waals surface area contributed by atoms with Crippen LogP contribution in [0.1, 0.15) is 52.4 Å². The molecule has 3 N–H and O–H groups in total. The summed E-state index contributed by atoms with van der Waals surface area (Å²) in [7, 11) is 0. The summed E-state index contributed by atoms with van der Waals surface area (Å²) in [6.45, 7) is 2.50. The van der Waals surface area contributed by atoms with Crippen molar-refractivity contribution in [2.24, 2.45) is 23.0 Å². The number of hydrogen-bond acceptors (Lipinski definition) is 6. The zero-order chi connectivity index (χ0) is 19.1. The standard InChI is InChI=1S/C19H25N3O4/c1-11(21)15(8-20)16(24)9-26-17(25)18-4-13-3-14(5-18)7-19(6-13,10-18)22-12(2)23/h13-14H,3-7,9-10,21H2,1-2H3,(H,22,23)/b15-11+/t13-,14+,18?,19?. The van der Waals surface area contributed by atoms with Gasteiger partial charge in [0.15, 0.2) is 6.61 Å². The maximum atomic E-state index is 12.9. The minimum Gasteiger partial charge on any atom is -0.457 e. The lowest BCUT2D eigenvalue weighted by Gasteiger charge is -2.60. The molecule has 4 fully saturated rings. The van der Waals surface area contributed by atoms with Crippen molar-refractivity contribution < 1.29 is 19.1 Å². The number of Topliss-reactive ketones (excluding diaryl/α,β-unsaturated/α-hetero) is 1. The number of nitrogens with two attached hydrogens (primary N) is 1. The third-order valence-electron chi connectivity index (χ3n) is 6.05. The lowest BCUT2D eigenvalue weighted by Crippen LogP contribution is -2.64. The van der Waals surface area contributed by atoms with E-state index in [1.807, 2.05) is 0 Å². The molecule has 4 saturated carbocycles. The maximum absolute atomic E-state index is 12.9. The topological polar surface area (TPSA) is 122 Å². The van der Waals surface area contributed by atoms with Crippen LogP contribution in [0, 0.1) is 28.6 Å². The molecule has 0 aromatic heterocycles. The minimum atomic E-state index is -0.638. The maximum Gasteiger partial charge on any atom is 0.312 e. The van der Waals surface area contributed by atoms with Gasteiger partial charge in [-0.2, -0.15) is 5.26 Å². The fraction of sp³-hybridized carbons (Fsp3) is 0.684. The van der Waals surface area contributed by atoms with Crippen LogP contribution in [0.3, 0.4) is 0 Å². The number of nitriles is 1. The second-order valence-corrected chi connectivity index (χ2v) is 8.37. The van der Waals surface area contributed by atoms with Gasteiger partial charge >= 0.3 is 5.97 Å². The molecule has 0 radical (unpaired) electrons. The Morgan fingerprint density at radius 2 is 1.81 bits per heavy atom. The van der Waals surface area contributed by atoms with Crippen LogP contribution >= 0.6 is 0 Å². The van der Waals surface area contributed by atoms with E-state index in [9.17, 15) is 14.4 Å². The molecule has 0 aromatic rings. The molecule has 0 aliphatic heterocycles. The Bertz CT molecular complexity index is 716. The fourth-order valence-corrected chi connectivity index (χ4v) is 5.75. The molecule has 140 valence electrons. The van der Waals surface area contributed by atoms with Gasteiger partial charge < -0.3 is 15.8 Å². The molecule has 4 atom stereocenters. The fourth-order valence-electron chi connectivity index (χ4n) is 5.75. The number of esters is 1. The first kappa shape index (κ1) is 18.4. The minimum absolute atomic E-state index is 0.0761. The van der Waals surface area contributed by atoms with Gasteiger partial charge in [-0.25, -0.2) is 0 Å². The summed E-state index contributed by atoms with van der Waals surface area (Å²) >= 11 is 0. The number of allylic oxidation sites excluding steroid dienone is 1. The van der Waals surface area contributed by atoms with Gasteiger partial charge in [0.2, 0.25) is 11.7 Å². The van der Waals surface area contributed by atoms with Crippen molar-refractivity contribution in [2.75, 3.05) is 6.61 Å². The smallest absolute Gasteiger partial charge is 0.312 e. The van der Waals surface area contributed by atoms with Crippen molar-refractivity contribution in [1.29, 1.82) is 5.26 Å². The predicted molar refractivity (Wildman–Crippen MR) is 92.1 cm³/mol. The number of nitrogens with zero attached hydrogens (tertiary/aromatic N) is 1. The molecule has 7 nitrogen and oxygen atoms in total. The zero-order valence-electron chi connectivity index (χ0n) is 15.3. The number of ether oxygens (including phenoxy) is 1. The Morgan fingerprint density at radius 3 is 2.31 bits per heavy atom. The number of carbonyl (C=O) groups is 3. The van der Waals surface area contributed by atoms with Gasteiger partial charge in [0.1, 0.15) is 11.6 Å². The molecule has 4 bridgehead atoms. The second kappa shape index (κ2) is 6.42. The molecule has 4 aliphatic rings. The van der Waals surface area contributed by atoms with Crippen LogP contribution in [0.5, 0.6) is 0 Å². The van der Waals surface area contributed by atoms with Crippen LogP contribution in [0.4, 0.5) is 0 Å². The van der Waals surface area contributed by atoms with E-state index in [-0.39, 0.29) is 28.7 Å². The number of hydrogen-bond donors (Lipinski definition) is 2. The largest absolute Gasteiger partial charge is 0.457 e. The molecule has 4 rings (SSSR count). The first-order valence-corrected chi connectivity index (χ1v) is 9.04. The first-order chi connectivity index (χ1) is 12.2. The highest BCUT2D eigenvalue weighted by Crippen LogP contribution is 2.62. The number of nitrogens with one attached hydrogen (secondary N) is 1. The average Bonchev–Trinajstić information content (AvgIpc) is 2.50. The summed E-state index contributed by atoms with van der Waals surface area (Å²) in [5.41, 5.74) is 4.50. The van der Waals surface area contributed by atoms with Crippen molar-refractivity contribution >= 4 is 17.7 Å². The quantitative estimate of drug-likeness (QED) is 0.434. The Hall–Kier alpha value is -2.36. The van der Waals surface area contributed by atoms with Crippen molar-refractivity contribution in [3.8, 4) is 6.07 Å². The summed E-state index contributed by atoms with van der Waals surface area (Å²) in [6, 6.07) is 1.75. The molecule has 0 spiro atoms. The number of amides is 1. The molecular formula is C19H25N3O4. The molecule has 4 aliphatic carbocycles. The van der Waals surface area contributed by atoms with E-state index in [0.717, 1.165) is 32.1 Å². The lowest BCUT2D eigenvalue weighted by molar-refractivity contribution is -0.176. The molecule has 26 heavy (non-hydrogen) atoms. The van der Waals surface area contributed by atoms with Crippen LogP contribution in [0.15, 0.2) is 11.3 Å². The Kier molecular flexibility index (Phi) is 4.55. The molecule has 0 saturated heterocycles. The third kappa shape index (κ3) is 3.20. The Morgan fingerprint density at radius 1 is 1.19 bits per heavy atom. The SMILES string of the molecule is CC(=O)NC12C[C@H]3C[C@@H](C1)CC(C(=O)OCC(=O)/C(C#N)=C(\C)N)(C3)C2. The highest BCUT2D eigenvalue weighted by molar-refractivity contribution is 6.01. The summed E-state index contributed by atoms with van der Waals surface area (Å²) in [5, 5.41) is 12.1. The number of ketones is 1. The summed E-state index contributed by atoms with van der Waals surface area (Å²) in [5.74, 6) is -0.254. The van der Waals surface area contributed by atoms with Crippen LogP contribution < -0.4 is 11.1 Å². The molecule has 2 unspecified atom stereocenters. The third-order valence-corrected chi connectivity index (χ3v) is 6.05. The van der Waals surface area contributed by atoms with Crippen molar-refractivity contribution in [1.82, 2.24) is 5.32 Å². The van der Waals surface area contributed by atoms with Gasteiger partial charge in [-0.05, 0) is 57.3 Å². The van der Waals surface area contributed by atoms with Crippen molar-refractivity contribution in [3.63, 3.8) is 0 Å². The van der Waals surface area contributed by atoms with Crippen LogP contribution in [0.2, 0.25) is 0 Å². The second-order valence-electron chi connectivity index (χ2n) is 8.37. The van der Waals surface area contributed by atoms with E-state index in [4.69, 9.17) is 15.7 Å². The van der Waals surface area contributed by atoms with E-state index in [1.165, 1.54) is 13.8 Å². The molecule has 0 heterocycles. The summed E-state index contributed by atoms with van der Waals surface area (Å²) in [6.07, 6.45) is 4.96. The Labute approximate surface area is 152 Å². The Balaban J connectivity index is 1.73. The highest BCUT2D eigenvalue weighted by Gasteiger charge is 2.61. The van der Waals surface area contributed by atoms with Crippen LogP contribution in [-0.2, 0) is 19.1 Å². The van der Waals surface area contributed by atoms with E-state index in [0.29, 0.717) is 18.3 Å². The number of rotatable bonds is 5. The highest BCUT2D eigenvalue weighted by atomic mass is 16.5. The van der Waals surface area contributed by atoms with Gasteiger partial charge in [-0.3, -0.25) is 14.4 Å².